The number of aliphatic hydroxyl groups excluding tert-OH is 4. The van der Waals surface area contributed by atoms with E-state index in [4.69, 9.17) is 14.2 Å². The third kappa shape index (κ3) is 4.29. The smallest absolute Gasteiger partial charge is 0.256 e. The van der Waals surface area contributed by atoms with Crippen molar-refractivity contribution < 1.29 is 39.4 Å². The lowest BCUT2D eigenvalue weighted by atomic mass is 9.79. The van der Waals surface area contributed by atoms with Crippen molar-refractivity contribution in [2.24, 2.45) is 0 Å². The number of hydrogen-bond donors (Lipinski definition) is 5. The Bertz CT molecular complexity index is 921. The molecule has 0 unspecified atom stereocenters. The summed E-state index contributed by atoms with van der Waals surface area (Å²) in [7, 11) is 1.67. The van der Waals surface area contributed by atoms with Crippen molar-refractivity contribution in [2.45, 2.75) is 81.9 Å². The Morgan fingerprint density at radius 2 is 1.82 bits per heavy atom. The van der Waals surface area contributed by atoms with E-state index >= 15 is 0 Å². The van der Waals surface area contributed by atoms with Crippen molar-refractivity contribution in [3.05, 3.63) is 40.6 Å². The topological polar surface area (TPSA) is 138 Å². The van der Waals surface area contributed by atoms with Crippen molar-refractivity contribution in [2.75, 3.05) is 13.7 Å². The first-order valence-corrected chi connectivity index (χ1v) is 11.4. The molecule has 1 aromatic rings. The molecule has 1 saturated carbocycles. The van der Waals surface area contributed by atoms with Crippen LogP contribution in [0, 0.1) is 13.8 Å². The zero-order chi connectivity index (χ0) is 23.9. The lowest BCUT2D eigenvalue weighted by Gasteiger charge is -2.43. The van der Waals surface area contributed by atoms with Crippen LogP contribution in [0.2, 0.25) is 0 Å². The van der Waals surface area contributed by atoms with Crippen LogP contribution in [0.3, 0.4) is 0 Å². The second kappa shape index (κ2) is 9.32. The Morgan fingerprint density at radius 1 is 1.12 bits per heavy atom. The van der Waals surface area contributed by atoms with Gasteiger partial charge in [-0.3, -0.25) is 4.79 Å². The maximum absolute atomic E-state index is 13.3. The second-order valence-electron chi connectivity index (χ2n) is 9.31. The highest BCUT2D eigenvalue weighted by molar-refractivity contribution is 6.23. The van der Waals surface area contributed by atoms with Crippen LogP contribution in [0.5, 0.6) is 0 Å². The summed E-state index contributed by atoms with van der Waals surface area (Å²) in [5, 5.41) is 43.6. The molecule has 9 nitrogen and oxygen atoms in total. The van der Waals surface area contributed by atoms with E-state index in [2.05, 4.69) is 5.32 Å². The van der Waals surface area contributed by atoms with Gasteiger partial charge in [-0.2, -0.15) is 0 Å². The standard InChI is InChI=1S/C24H33NO8/c1-12-4-5-13(2)15(10-12)17-21(24(25-22(17)30)8-6-14(31-3)7-9-24)33-23-20(29)19(28)18(27)16(11-26)32-23/h4-5,10,14,16,18-20,23,26-29H,6-9,11H2,1-3H3,(H,25,30)/t14?,16-,18+,19-,20+,23+,24?/m1/s1. The summed E-state index contributed by atoms with van der Waals surface area (Å²) in [4.78, 5) is 13.3. The molecule has 3 aliphatic rings. The molecule has 2 heterocycles. The lowest BCUT2D eigenvalue weighted by molar-refractivity contribution is -0.293. The molecule has 1 aliphatic carbocycles. The SMILES string of the molecule is COC1CCC2(CC1)NC(=O)C(c1cc(C)ccc1C)=C2O[C@@H]1O[C@H](CO)[C@H](O)[C@@H](O)[C@@H]1O. The van der Waals surface area contributed by atoms with Crippen molar-refractivity contribution in [1.29, 1.82) is 0 Å². The molecule has 182 valence electrons. The normalized spacial score (nSPS) is 36.9. The molecule has 1 spiro atoms. The molecule has 1 aromatic carbocycles. The summed E-state index contributed by atoms with van der Waals surface area (Å²) in [6, 6.07) is 5.81. The van der Waals surface area contributed by atoms with Gasteiger partial charge in [-0.05, 0) is 50.7 Å². The summed E-state index contributed by atoms with van der Waals surface area (Å²) in [5.41, 5.74) is 2.15. The minimum absolute atomic E-state index is 0.0748. The summed E-state index contributed by atoms with van der Waals surface area (Å²) in [6.45, 7) is 3.28. The van der Waals surface area contributed by atoms with Crippen LogP contribution in [0.4, 0.5) is 0 Å². The number of benzene rings is 1. The fourth-order valence-corrected chi connectivity index (χ4v) is 5.05. The quantitative estimate of drug-likeness (QED) is 0.420. The first kappa shape index (κ1) is 24.1. The third-order valence-corrected chi connectivity index (χ3v) is 7.11. The van der Waals surface area contributed by atoms with Gasteiger partial charge in [-0.25, -0.2) is 0 Å². The number of rotatable bonds is 5. The number of aliphatic hydroxyl groups is 4. The molecule has 9 heteroatoms. The Labute approximate surface area is 193 Å². The Morgan fingerprint density at radius 3 is 2.45 bits per heavy atom. The van der Waals surface area contributed by atoms with Crippen LogP contribution in [0.25, 0.3) is 5.57 Å². The number of nitrogens with one attached hydrogen (secondary N) is 1. The molecule has 0 aromatic heterocycles. The van der Waals surface area contributed by atoms with Gasteiger partial charge in [0.05, 0.1) is 23.8 Å². The van der Waals surface area contributed by atoms with Crippen molar-refractivity contribution in [1.82, 2.24) is 5.32 Å². The number of hydrogen-bond acceptors (Lipinski definition) is 8. The largest absolute Gasteiger partial charge is 0.463 e. The van der Waals surface area contributed by atoms with E-state index in [0.717, 1.165) is 16.7 Å². The van der Waals surface area contributed by atoms with E-state index < -0.39 is 42.9 Å². The average molecular weight is 464 g/mol. The zero-order valence-corrected chi connectivity index (χ0v) is 19.2. The highest BCUT2D eigenvalue weighted by Gasteiger charge is 2.52. The van der Waals surface area contributed by atoms with E-state index in [1.165, 1.54) is 0 Å². The molecule has 2 fully saturated rings. The molecule has 0 bridgehead atoms. The number of methoxy groups -OCH3 is 1. The minimum Gasteiger partial charge on any atom is -0.463 e. The highest BCUT2D eigenvalue weighted by atomic mass is 16.7. The molecular formula is C24H33NO8. The Balaban J connectivity index is 1.78. The van der Waals surface area contributed by atoms with E-state index in [9.17, 15) is 25.2 Å². The monoisotopic (exact) mass is 463 g/mol. The number of amides is 1. The minimum atomic E-state index is -1.57. The summed E-state index contributed by atoms with van der Waals surface area (Å²) >= 11 is 0. The summed E-state index contributed by atoms with van der Waals surface area (Å²) in [6.07, 6.45) is -4.50. The predicted molar refractivity (Wildman–Crippen MR) is 118 cm³/mol. The highest BCUT2D eigenvalue weighted by Crippen LogP contribution is 2.45. The molecule has 33 heavy (non-hydrogen) atoms. The van der Waals surface area contributed by atoms with Gasteiger partial charge in [0.15, 0.2) is 0 Å². The van der Waals surface area contributed by atoms with Crippen LogP contribution >= 0.6 is 0 Å². The van der Waals surface area contributed by atoms with Crippen LogP contribution in [0.15, 0.2) is 24.0 Å². The Hall–Kier alpha value is -2.01. The zero-order valence-electron chi connectivity index (χ0n) is 19.2. The third-order valence-electron chi connectivity index (χ3n) is 7.11. The number of aryl methyl sites for hydroxylation is 2. The molecule has 4 rings (SSSR count). The van der Waals surface area contributed by atoms with Crippen molar-refractivity contribution >= 4 is 11.5 Å². The first-order chi connectivity index (χ1) is 15.7. The van der Waals surface area contributed by atoms with E-state index in [1.807, 2.05) is 32.0 Å². The lowest BCUT2D eigenvalue weighted by Crippen LogP contribution is -2.60. The van der Waals surface area contributed by atoms with E-state index in [0.29, 0.717) is 37.0 Å². The van der Waals surface area contributed by atoms with Gasteiger partial charge in [-0.15, -0.1) is 0 Å². The van der Waals surface area contributed by atoms with Gasteiger partial charge in [0.2, 0.25) is 6.29 Å². The van der Waals surface area contributed by atoms with Crippen molar-refractivity contribution in [3.63, 3.8) is 0 Å². The molecule has 0 radical (unpaired) electrons. The second-order valence-corrected chi connectivity index (χ2v) is 9.31. The molecule has 2 aliphatic heterocycles. The van der Waals surface area contributed by atoms with Gasteiger partial charge in [0, 0.05) is 7.11 Å². The summed E-state index contributed by atoms with van der Waals surface area (Å²) in [5.74, 6) is 0.0687. The van der Waals surface area contributed by atoms with Gasteiger partial charge in [-0.1, -0.05) is 23.8 Å². The van der Waals surface area contributed by atoms with E-state index in [1.54, 1.807) is 7.11 Å². The predicted octanol–water partition coefficient (Wildman–Crippen LogP) is 0.289. The molecule has 1 amide bonds. The Kier molecular flexibility index (Phi) is 6.82. The summed E-state index contributed by atoms with van der Waals surface area (Å²) < 4.78 is 17.3. The number of carbonyl (C=O) groups excluding carboxylic acids is 1. The first-order valence-electron chi connectivity index (χ1n) is 11.4. The molecule has 5 atom stereocenters. The van der Waals surface area contributed by atoms with E-state index in [-0.39, 0.29) is 12.0 Å². The molecule has 5 N–H and O–H groups in total. The van der Waals surface area contributed by atoms with Gasteiger partial charge in [0.1, 0.15) is 30.2 Å². The van der Waals surface area contributed by atoms with Gasteiger partial charge < -0.3 is 40.0 Å². The van der Waals surface area contributed by atoms with Gasteiger partial charge >= 0.3 is 0 Å². The average Bonchev–Trinajstić information content (AvgIpc) is 3.06. The van der Waals surface area contributed by atoms with Crippen LogP contribution < -0.4 is 5.32 Å². The van der Waals surface area contributed by atoms with Crippen LogP contribution in [-0.4, -0.2) is 82.4 Å². The van der Waals surface area contributed by atoms with Gasteiger partial charge in [0.25, 0.3) is 5.91 Å². The fraction of sp³-hybridized carbons (Fsp3) is 0.625. The number of carbonyl (C=O) groups is 1. The van der Waals surface area contributed by atoms with Crippen LogP contribution in [-0.2, 0) is 19.0 Å². The maximum atomic E-state index is 13.3. The fourth-order valence-electron chi connectivity index (χ4n) is 5.05. The van der Waals surface area contributed by atoms with Crippen molar-refractivity contribution in [3.8, 4) is 0 Å². The molecule has 1 saturated heterocycles. The van der Waals surface area contributed by atoms with Crippen LogP contribution in [0.1, 0.15) is 42.4 Å². The number of ether oxygens (including phenoxy) is 3. The molecular weight excluding hydrogens is 430 g/mol. The maximum Gasteiger partial charge on any atom is 0.256 e.